The van der Waals surface area contributed by atoms with Gasteiger partial charge in [0.25, 0.3) is 0 Å². The van der Waals surface area contributed by atoms with E-state index in [1.807, 2.05) is 55.4 Å². The van der Waals surface area contributed by atoms with Crippen molar-refractivity contribution in [2.45, 2.75) is 77.4 Å². The van der Waals surface area contributed by atoms with Gasteiger partial charge in [0.2, 0.25) is 0 Å². The van der Waals surface area contributed by atoms with Crippen molar-refractivity contribution in [2.75, 3.05) is 0 Å². The zero-order valence-corrected chi connectivity index (χ0v) is 17.3. The Hall–Kier alpha value is -0.275. The molecule has 24 heavy (non-hydrogen) atoms. The quantitative estimate of drug-likeness (QED) is 0.822. The third-order valence-electron chi connectivity index (χ3n) is 4.45. The van der Waals surface area contributed by atoms with Gasteiger partial charge in [0, 0.05) is 4.78 Å². The van der Waals surface area contributed by atoms with Crippen LogP contribution in [0.4, 0.5) is 4.39 Å². The molecule has 136 valence electrons. The van der Waals surface area contributed by atoms with Gasteiger partial charge in [-0.1, -0.05) is 0 Å². The highest BCUT2D eigenvalue weighted by atomic mass is 32.2. The highest BCUT2D eigenvalue weighted by Gasteiger charge is 2.52. The van der Waals surface area contributed by atoms with Crippen LogP contribution in [0.1, 0.15) is 66.3 Å². The van der Waals surface area contributed by atoms with Crippen LogP contribution in [0.25, 0.3) is 0 Å². The zero-order valence-electron chi connectivity index (χ0n) is 15.7. The highest BCUT2D eigenvalue weighted by Crippen LogP contribution is 2.37. The van der Waals surface area contributed by atoms with Crippen molar-refractivity contribution < 1.29 is 17.9 Å². The van der Waals surface area contributed by atoms with Crippen LogP contribution in [0.2, 0.25) is 0 Å². The summed E-state index contributed by atoms with van der Waals surface area (Å²) in [6.45, 7) is 15.3. The maximum Gasteiger partial charge on any atom is 0.505 e. The summed E-state index contributed by atoms with van der Waals surface area (Å²) in [6, 6.07) is 1.10. The summed E-state index contributed by atoms with van der Waals surface area (Å²) < 4.78 is 41.8. The van der Waals surface area contributed by atoms with Crippen molar-refractivity contribution >= 4 is 34.2 Å². The van der Waals surface area contributed by atoms with Gasteiger partial charge < -0.3 is 9.31 Å². The third kappa shape index (κ3) is 3.93. The minimum Gasteiger partial charge on any atom is -0.399 e. The van der Waals surface area contributed by atoms with Gasteiger partial charge >= 0.3 is 7.12 Å². The number of nitrogens with one attached hydrogen (secondary N) is 1. The van der Waals surface area contributed by atoms with Crippen molar-refractivity contribution in [3.8, 4) is 0 Å². The maximum absolute atomic E-state index is 14.4. The molecule has 0 aromatic carbocycles. The van der Waals surface area contributed by atoms with E-state index in [0.717, 1.165) is 0 Å². The molecular weight excluding hydrogens is 348 g/mol. The second-order valence-electron chi connectivity index (χ2n) is 8.17. The Kier molecular flexibility index (Phi) is 5.40. The van der Waals surface area contributed by atoms with E-state index in [2.05, 4.69) is 4.72 Å². The van der Waals surface area contributed by atoms with Crippen LogP contribution >= 0.6 is 11.3 Å². The lowest BCUT2D eigenvalue weighted by atomic mass is 9.88. The molecule has 2 heterocycles. The standard InChI is InChI=1S/C16H27BFNO3S2/c1-10(19-24(20)14(2,3)4)13-11(18)9-12(23-13)17-21-15(5,6)16(7,8)22-17/h9-10,19H,1-8H3/t10-,24+/m1/s1. The summed E-state index contributed by atoms with van der Waals surface area (Å²) in [4.78, 5) is 0.511. The maximum atomic E-state index is 14.4. The van der Waals surface area contributed by atoms with Crippen LogP contribution in [0.5, 0.6) is 0 Å². The molecule has 1 N–H and O–H groups in total. The molecule has 0 unspecified atom stereocenters. The average Bonchev–Trinajstić information content (AvgIpc) is 2.87. The van der Waals surface area contributed by atoms with Crippen molar-refractivity contribution in [3.05, 3.63) is 16.8 Å². The Morgan fingerprint density at radius 1 is 1.25 bits per heavy atom. The Bertz CT molecular complexity index is 624. The van der Waals surface area contributed by atoms with Gasteiger partial charge in [-0.15, -0.1) is 11.3 Å². The van der Waals surface area contributed by atoms with Gasteiger partial charge in [0.05, 0.1) is 37.9 Å². The molecule has 0 amide bonds. The molecular formula is C16H27BFNO3S2. The number of rotatable bonds is 4. The second kappa shape index (κ2) is 6.47. The first-order valence-electron chi connectivity index (χ1n) is 8.07. The van der Waals surface area contributed by atoms with E-state index in [4.69, 9.17) is 9.31 Å². The largest absolute Gasteiger partial charge is 0.505 e. The monoisotopic (exact) mass is 375 g/mol. The number of halogens is 1. The van der Waals surface area contributed by atoms with Crippen molar-refractivity contribution in [1.82, 2.24) is 4.72 Å². The molecule has 4 nitrogen and oxygen atoms in total. The van der Waals surface area contributed by atoms with Crippen LogP contribution in [0, 0.1) is 5.82 Å². The molecule has 0 bridgehead atoms. The van der Waals surface area contributed by atoms with Crippen LogP contribution in [-0.4, -0.2) is 27.3 Å². The smallest absolute Gasteiger partial charge is 0.399 e. The fraction of sp³-hybridized carbons (Fsp3) is 0.750. The number of hydrogen-bond donors (Lipinski definition) is 1. The summed E-state index contributed by atoms with van der Waals surface area (Å²) in [5, 5.41) is 0. The molecule has 1 aliphatic heterocycles. The molecule has 1 aromatic heterocycles. The molecule has 8 heteroatoms. The van der Waals surface area contributed by atoms with E-state index in [1.165, 1.54) is 17.4 Å². The van der Waals surface area contributed by atoms with Gasteiger partial charge in [-0.05, 0) is 61.5 Å². The molecule has 0 saturated carbocycles. The summed E-state index contributed by atoms with van der Waals surface area (Å²) in [7, 11) is -1.85. The molecule has 0 radical (unpaired) electrons. The minimum atomic E-state index is -1.27. The first-order valence-corrected chi connectivity index (χ1v) is 10.0. The Labute approximate surface area is 151 Å². The minimum absolute atomic E-state index is 0.323. The van der Waals surface area contributed by atoms with Gasteiger partial charge in [-0.3, -0.25) is 0 Å². The zero-order chi connectivity index (χ0) is 18.5. The predicted octanol–water partition coefficient (Wildman–Crippen LogP) is 3.30. The Morgan fingerprint density at radius 2 is 1.75 bits per heavy atom. The summed E-state index contributed by atoms with van der Waals surface area (Å²) in [5.41, 5.74) is -0.925. The topological polar surface area (TPSA) is 47.6 Å². The van der Waals surface area contributed by atoms with Gasteiger partial charge in [0.15, 0.2) is 0 Å². The molecule has 2 atom stereocenters. The normalized spacial score (nSPS) is 22.6. The van der Waals surface area contributed by atoms with E-state index in [0.29, 0.717) is 9.65 Å². The van der Waals surface area contributed by atoms with E-state index in [-0.39, 0.29) is 11.9 Å². The highest BCUT2D eigenvalue weighted by molar-refractivity contribution is 7.84. The van der Waals surface area contributed by atoms with Crippen molar-refractivity contribution in [3.63, 3.8) is 0 Å². The van der Waals surface area contributed by atoms with Crippen LogP contribution in [0.3, 0.4) is 0 Å². The van der Waals surface area contributed by atoms with Crippen molar-refractivity contribution in [1.29, 1.82) is 0 Å². The fourth-order valence-corrected chi connectivity index (χ4v) is 4.03. The SMILES string of the molecule is C[C@@H](N[S@@](=O)C(C)(C)C)c1sc(B2OC(C)(C)C(C)(C)O2)cc1F. The molecule has 0 spiro atoms. The van der Waals surface area contributed by atoms with Crippen LogP contribution < -0.4 is 9.50 Å². The molecule has 1 aromatic rings. The Balaban J connectivity index is 2.18. The third-order valence-corrected chi connectivity index (χ3v) is 7.45. The van der Waals surface area contributed by atoms with Crippen molar-refractivity contribution in [2.24, 2.45) is 0 Å². The summed E-state index contributed by atoms with van der Waals surface area (Å²) in [6.07, 6.45) is 0. The lowest BCUT2D eigenvalue weighted by Gasteiger charge is -2.32. The molecule has 0 aliphatic carbocycles. The van der Waals surface area contributed by atoms with Gasteiger partial charge in [-0.2, -0.15) is 0 Å². The molecule has 1 aliphatic rings. The van der Waals surface area contributed by atoms with Gasteiger partial charge in [-0.25, -0.2) is 13.3 Å². The lowest BCUT2D eigenvalue weighted by molar-refractivity contribution is 0.00578. The first kappa shape index (κ1) is 20.0. The molecule has 2 rings (SSSR count). The van der Waals surface area contributed by atoms with Gasteiger partial charge in [0.1, 0.15) is 5.82 Å². The van der Waals surface area contributed by atoms with Crippen LogP contribution in [0.15, 0.2) is 6.07 Å². The summed E-state index contributed by atoms with van der Waals surface area (Å²) in [5.74, 6) is -0.323. The lowest BCUT2D eigenvalue weighted by Crippen LogP contribution is -2.41. The Morgan fingerprint density at radius 3 is 2.21 bits per heavy atom. The number of thiophene rings is 1. The van der Waals surface area contributed by atoms with E-state index in [9.17, 15) is 8.60 Å². The first-order chi connectivity index (χ1) is 10.7. The second-order valence-corrected chi connectivity index (χ2v) is 11.3. The fourth-order valence-electron chi connectivity index (χ4n) is 2.16. The number of hydrogen-bond acceptors (Lipinski definition) is 4. The van der Waals surface area contributed by atoms with E-state index in [1.54, 1.807) is 0 Å². The average molecular weight is 375 g/mol. The summed E-state index contributed by atoms with van der Waals surface area (Å²) >= 11 is 1.30. The van der Waals surface area contributed by atoms with E-state index < -0.39 is 34.1 Å². The molecule has 1 fully saturated rings. The molecule has 1 saturated heterocycles. The predicted molar refractivity (Wildman–Crippen MR) is 99.4 cm³/mol. The van der Waals surface area contributed by atoms with Crippen LogP contribution in [-0.2, 0) is 20.3 Å². The van der Waals surface area contributed by atoms with E-state index >= 15 is 0 Å².